The fourth-order valence-electron chi connectivity index (χ4n) is 1.25. The van der Waals surface area contributed by atoms with E-state index in [1.54, 1.807) is 6.92 Å². The van der Waals surface area contributed by atoms with E-state index in [9.17, 15) is 15.3 Å². The van der Waals surface area contributed by atoms with Crippen molar-refractivity contribution in [2.24, 2.45) is 5.41 Å². The van der Waals surface area contributed by atoms with E-state index in [4.69, 9.17) is 0 Å². The molecule has 3 nitrogen and oxygen atoms in total. The van der Waals surface area contributed by atoms with Gasteiger partial charge in [0.25, 0.3) is 0 Å². The second-order valence-electron chi connectivity index (χ2n) is 5.13. The molecule has 0 aromatic carbocycles. The minimum absolute atomic E-state index is 0.151. The van der Waals surface area contributed by atoms with Crippen molar-refractivity contribution in [3.8, 4) is 0 Å². The van der Waals surface area contributed by atoms with Gasteiger partial charge >= 0.3 is 0 Å². The van der Waals surface area contributed by atoms with E-state index in [1.807, 2.05) is 0 Å². The summed E-state index contributed by atoms with van der Waals surface area (Å²) in [5.74, 6) is 0. The molecule has 0 saturated heterocycles. The van der Waals surface area contributed by atoms with E-state index in [2.05, 4.69) is 20.8 Å². The molecule has 0 aromatic rings. The third-order valence-corrected chi connectivity index (χ3v) is 2.40. The zero-order chi connectivity index (χ0) is 11.4. The predicted octanol–water partition coefficient (Wildman–Crippen LogP) is 1.31. The van der Waals surface area contributed by atoms with Crippen molar-refractivity contribution in [2.75, 3.05) is 0 Å². The fraction of sp³-hybridized carbons (Fsp3) is 1.00. The van der Waals surface area contributed by atoms with Crippen molar-refractivity contribution >= 4 is 0 Å². The molecule has 3 unspecified atom stereocenters. The number of aliphatic hydroxyl groups is 3. The van der Waals surface area contributed by atoms with Gasteiger partial charge in [0.15, 0.2) is 0 Å². The minimum atomic E-state index is -1.01. The van der Waals surface area contributed by atoms with Gasteiger partial charge in [0.1, 0.15) is 6.10 Å². The van der Waals surface area contributed by atoms with Gasteiger partial charge in [-0.1, -0.05) is 27.7 Å². The summed E-state index contributed by atoms with van der Waals surface area (Å²) >= 11 is 0. The van der Waals surface area contributed by atoms with Crippen LogP contribution >= 0.6 is 0 Å². The van der Waals surface area contributed by atoms with Gasteiger partial charge in [-0.2, -0.15) is 0 Å². The average molecular weight is 204 g/mol. The molecule has 0 radical (unpaired) electrons. The first-order valence-electron chi connectivity index (χ1n) is 5.32. The predicted molar refractivity (Wildman–Crippen MR) is 57.0 cm³/mol. The van der Waals surface area contributed by atoms with Crippen LogP contribution in [0.3, 0.4) is 0 Å². The van der Waals surface area contributed by atoms with E-state index < -0.39 is 18.3 Å². The molecule has 0 aliphatic rings. The molecular weight excluding hydrogens is 180 g/mol. The lowest BCUT2D eigenvalue weighted by Crippen LogP contribution is -2.37. The van der Waals surface area contributed by atoms with E-state index in [0.29, 0.717) is 12.8 Å². The van der Waals surface area contributed by atoms with Crippen LogP contribution < -0.4 is 0 Å². The molecule has 0 spiro atoms. The van der Waals surface area contributed by atoms with Crippen molar-refractivity contribution in [2.45, 2.75) is 65.3 Å². The summed E-state index contributed by atoms with van der Waals surface area (Å²) in [6, 6.07) is 0. The highest BCUT2D eigenvalue weighted by atomic mass is 16.4. The normalized spacial score (nSPS) is 19.1. The Morgan fingerprint density at radius 3 is 1.86 bits per heavy atom. The highest BCUT2D eigenvalue weighted by Gasteiger charge is 2.24. The van der Waals surface area contributed by atoms with Crippen LogP contribution in [0.2, 0.25) is 0 Å². The van der Waals surface area contributed by atoms with E-state index in [-0.39, 0.29) is 5.41 Å². The first kappa shape index (κ1) is 13.9. The minimum Gasteiger partial charge on any atom is -0.390 e. The second-order valence-corrected chi connectivity index (χ2v) is 5.13. The molecule has 14 heavy (non-hydrogen) atoms. The van der Waals surface area contributed by atoms with E-state index in [1.165, 1.54) is 0 Å². The maximum Gasteiger partial charge on any atom is 0.106 e. The highest BCUT2D eigenvalue weighted by Crippen LogP contribution is 2.23. The van der Waals surface area contributed by atoms with Crippen LogP contribution in [-0.4, -0.2) is 33.6 Å². The monoisotopic (exact) mass is 204 g/mol. The maximum atomic E-state index is 9.57. The van der Waals surface area contributed by atoms with Crippen molar-refractivity contribution in [3.63, 3.8) is 0 Å². The standard InChI is InChI=1S/C11H24O3/c1-5-8(12)10(14)9(13)6-7-11(2,3)4/h8-10,12-14H,5-7H2,1-4H3. The van der Waals surface area contributed by atoms with Crippen LogP contribution in [0.1, 0.15) is 47.0 Å². The molecule has 0 heterocycles. The molecule has 0 fully saturated rings. The van der Waals surface area contributed by atoms with Crippen LogP contribution in [0.15, 0.2) is 0 Å². The van der Waals surface area contributed by atoms with Gasteiger partial charge in [0.2, 0.25) is 0 Å². The zero-order valence-corrected chi connectivity index (χ0v) is 9.70. The van der Waals surface area contributed by atoms with Gasteiger partial charge in [0, 0.05) is 0 Å². The fourth-order valence-corrected chi connectivity index (χ4v) is 1.25. The van der Waals surface area contributed by atoms with Gasteiger partial charge < -0.3 is 15.3 Å². The zero-order valence-electron chi connectivity index (χ0n) is 9.70. The largest absolute Gasteiger partial charge is 0.390 e. The van der Waals surface area contributed by atoms with Gasteiger partial charge in [-0.15, -0.1) is 0 Å². The molecule has 0 aliphatic carbocycles. The van der Waals surface area contributed by atoms with Crippen molar-refractivity contribution in [1.82, 2.24) is 0 Å². The molecule has 0 saturated carbocycles. The SMILES string of the molecule is CCC(O)C(O)C(O)CCC(C)(C)C. The number of hydrogen-bond acceptors (Lipinski definition) is 3. The molecule has 0 aromatic heterocycles. The molecule has 0 aliphatic heterocycles. The highest BCUT2D eigenvalue weighted by molar-refractivity contribution is 4.76. The topological polar surface area (TPSA) is 60.7 Å². The molecule has 0 rings (SSSR count). The first-order valence-corrected chi connectivity index (χ1v) is 5.32. The molecule has 3 heteroatoms. The van der Waals surface area contributed by atoms with Crippen LogP contribution in [0.5, 0.6) is 0 Å². The number of aliphatic hydroxyl groups excluding tert-OH is 3. The smallest absolute Gasteiger partial charge is 0.106 e. The average Bonchev–Trinajstić information content (AvgIpc) is 2.10. The second kappa shape index (κ2) is 5.69. The Labute approximate surface area is 86.8 Å². The molecule has 0 amide bonds. The van der Waals surface area contributed by atoms with Gasteiger partial charge in [-0.3, -0.25) is 0 Å². The van der Waals surface area contributed by atoms with Gasteiger partial charge in [0.05, 0.1) is 12.2 Å². The number of rotatable bonds is 5. The summed E-state index contributed by atoms with van der Waals surface area (Å²) < 4.78 is 0. The third-order valence-electron chi connectivity index (χ3n) is 2.40. The van der Waals surface area contributed by atoms with Crippen LogP contribution in [0.25, 0.3) is 0 Å². The van der Waals surface area contributed by atoms with E-state index in [0.717, 1.165) is 6.42 Å². The quantitative estimate of drug-likeness (QED) is 0.632. The molecule has 86 valence electrons. The Morgan fingerprint density at radius 1 is 1.00 bits per heavy atom. The Balaban J connectivity index is 3.90. The van der Waals surface area contributed by atoms with Crippen LogP contribution in [0.4, 0.5) is 0 Å². The molecule has 3 N–H and O–H groups in total. The lowest BCUT2D eigenvalue weighted by Gasteiger charge is -2.25. The van der Waals surface area contributed by atoms with Crippen molar-refractivity contribution in [3.05, 3.63) is 0 Å². The summed E-state index contributed by atoms with van der Waals surface area (Å²) in [4.78, 5) is 0. The summed E-state index contributed by atoms with van der Waals surface area (Å²) in [7, 11) is 0. The van der Waals surface area contributed by atoms with Crippen LogP contribution in [0, 0.1) is 5.41 Å². The molecular formula is C11H24O3. The Morgan fingerprint density at radius 2 is 1.50 bits per heavy atom. The number of hydrogen-bond donors (Lipinski definition) is 3. The Kier molecular flexibility index (Phi) is 5.64. The third kappa shape index (κ3) is 5.58. The molecule has 3 atom stereocenters. The van der Waals surface area contributed by atoms with Crippen molar-refractivity contribution in [1.29, 1.82) is 0 Å². The summed E-state index contributed by atoms with van der Waals surface area (Å²) in [6.45, 7) is 8.04. The van der Waals surface area contributed by atoms with Crippen LogP contribution in [-0.2, 0) is 0 Å². The van der Waals surface area contributed by atoms with E-state index >= 15 is 0 Å². The Bertz CT molecular complexity index is 151. The lowest BCUT2D eigenvalue weighted by atomic mass is 9.87. The molecule has 0 bridgehead atoms. The maximum absolute atomic E-state index is 9.57. The first-order chi connectivity index (χ1) is 6.28. The summed E-state index contributed by atoms with van der Waals surface area (Å²) in [6.07, 6.45) is -0.812. The lowest BCUT2D eigenvalue weighted by molar-refractivity contribution is -0.0651. The summed E-state index contributed by atoms with van der Waals surface area (Å²) in [5, 5.41) is 28.4. The van der Waals surface area contributed by atoms with Gasteiger partial charge in [-0.25, -0.2) is 0 Å². The Hall–Kier alpha value is -0.120. The summed E-state index contributed by atoms with van der Waals surface area (Å²) in [5.41, 5.74) is 0.151. The van der Waals surface area contributed by atoms with Gasteiger partial charge in [-0.05, 0) is 24.7 Å². The van der Waals surface area contributed by atoms with Crippen molar-refractivity contribution < 1.29 is 15.3 Å².